The standard InChI is InChI=1S/C9H15N/c1-5-7-9(6-2)8(3)10-4/h5-8,10H,1-2H2,3-4H3/b9-7+/t8-/m0/s1. The van der Waals surface area contributed by atoms with E-state index in [0.29, 0.717) is 6.04 Å². The summed E-state index contributed by atoms with van der Waals surface area (Å²) in [4.78, 5) is 0. The van der Waals surface area contributed by atoms with Crippen molar-refractivity contribution in [1.29, 1.82) is 0 Å². The van der Waals surface area contributed by atoms with Crippen LogP contribution in [-0.2, 0) is 0 Å². The molecule has 0 aromatic carbocycles. The van der Waals surface area contributed by atoms with E-state index < -0.39 is 0 Å². The van der Waals surface area contributed by atoms with E-state index in [4.69, 9.17) is 0 Å². The molecule has 1 nitrogen and oxygen atoms in total. The molecule has 0 aliphatic carbocycles. The fourth-order valence-corrected chi connectivity index (χ4v) is 0.692. The molecule has 0 rings (SSSR count). The van der Waals surface area contributed by atoms with Crippen molar-refractivity contribution < 1.29 is 0 Å². The minimum atomic E-state index is 0.357. The van der Waals surface area contributed by atoms with Crippen LogP contribution in [-0.4, -0.2) is 13.1 Å². The lowest BCUT2D eigenvalue weighted by Crippen LogP contribution is -2.22. The molecule has 1 N–H and O–H groups in total. The van der Waals surface area contributed by atoms with Gasteiger partial charge in [-0.3, -0.25) is 0 Å². The molecule has 0 radical (unpaired) electrons. The summed E-state index contributed by atoms with van der Waals surface area (Å²) in [6.07, 6.45) is 5.56. The van der Waals surface area contributed by atoms with Crippen LogP contribution in [0.25, 0.3) is 0 Å². The first-order valence-electron chi connectivity index (χ1n) is 3.38. The molecule has 0 unspecified atom stereocenters. The van der Waals surface area contributed by atoms with E-state index in [1.54, 1.807) is 6.08 Å². The summed E-state index contributed by atoms with van der Waals surface area (Å²) in [7, 11) is 1.92. The second-order valence-corrected chi connectivity index (χ2v) is 2.12. The summed E-state index contributed by atoms with van der Waals surface area (Å²) in [5, 5.41) is 3.11. The number of rotatable bonds is 4. The van der Waals surface area contributed by atoms with Crippen LogP contribution in [0.1, 0.15) is 6.92 Å². The third-order valence-corrected chi connectivity index (χ3v) is 1.48. The van der Waals surface area contributed by atoms with Gasteiger partial charge in [0.05, 0.1) is 0 Å². The molecule has 1 heteroatoms. The van der Waals surface area contributed by atoms with Gasteiger partial charge in [-0.2, -0.15) is 0 Å². The third-order valence-electron chi connectivity index (χ3n) is 1.48. The van der Waals surface area contributed by atoms with E-state index in [0.717, 1.165) is 5.57 Å². The zero-order valence-corrected chi connectivity index (χ0v) is 6.72. The Morgan fingerprint density at radius 2 is 2.10 bits per heavy atom. The zero-order chi connectivity index (χ0) is 7.98. The maximum atomic E-state index is 3.69. The zero-order valence-electron chi connectivity index (χ0n) is 6.72. The second-order valence-electron chi connectivity index (χ2n) is 2.12. The summed E-state index contributed by atoms with van der Waals surface area (Å²) in [5.74, 6) is 0. The molecule has 0 fully saturated rings. The lowest BCUT2D eigenvalue weighted by atomic mass is 10.1. The molecule has 0 aliphatic rings. The molecule has 10 heavy (non-hydrogen) atoms. The molecule has 0 spiro atoms. The van der Waals surface area contributed by atoms with Crippen LogP contribution in [0.5, 0.6) is 0 Å². The molecule has 0 saturated heterocycles. The van der Waals surface area contributed by atoms with Crippen molar-refractivity contribution in [2.75, 3.05) is 7.05 Å². The van der Waals surface area contributed by atoms with Gasteiger partial charge in [-0.15, -0.1) is 0 Å². The first kappa shape index (κ1) is 9.18. The van der Waals surface area contributed by atoms with Crippen molar-refractivity contribution in [3.63, 3.8) is 0 Å². The minimum absolute atomic E-state index is 0.357. The number of allylic oxidation sites excluding steroid dienone is 2. The summed E-state index contributed by atoms with van der Waals surface area (Å²) in [5.41, 5.74) is 1.16. The molecule has 56 valence electrons. The fourth-order valence-electron chi connectivity index (χ4n) is 0.692. The second kappa shape index (κ2) is 5.00. The van der Waals surface area contributed by atoms with E-state index >= 15 is 0 Å². The van der Waals surface area contributed by atoms with Gasteiger partial charge in [0.25, 0.3) is 0 Å². The van der Waals surface area contributed by atoms with E-state index in [9.17, 15) is 0 Å². The van der Waals surface area contributed by atoms with Gasteiger partial charge in [-0.1, -0.05) is 31.4 Å². The molecule has 0 amide bonds. The Labute approximate surface area is 63.1 Å². The number of hydrogen-bond donors (Lipinski definition) is 1. The summed E-state index contributed by atoms with van der Waals surface area (Å²) in [6.45, 7) is 9.39. The van der Waals surface area contributed by atoms with E-state index in [-0.39, 0.29) is 0 Å². The van der Waals surface area contributed by atoms with E-state index in [2.05, 4.69) is 25.4 Å². The quantitative estimate of drug-likeness (QED) is 0.583. The SMILES string of the molecule is C=C/C=C(\C=C)[C@H](C)NC. The van der Waals surface area contributed by atoms with Gasteiger partial charge < -0.3 is 5.32 Å². The van der Waals surface area contributed by atoms with Crippen LogP contribution in [0.3, 0.4) is 0 Å². The van der Waals surface area contributed by atoms with Crippen molar-refractivity contribution in [1.82, 2.24) is 5.32 Å². The molecule has 1 atom stereocenters. The Bertz CT molecular complexity index is 145. The Kier molecular flexibility index (Phi) is 4.59. The van der Waals surface area contributed by atoms with Gasteiger partial charge >= 0.3 is 0 Å². The van der Waals surface area contributed by atoms with Crippen LogP contribution < -0.4 is 5.32 Å². The lowest BCUT2D eigenvalue weighted by molar-refractivity contribution is 0.706. The van der Waals surface area contributed by atoms with Crippen molar-refractivity contribution in [2.45, 2.75) is 13.0 Å². The molecule has 0 aliphatic heterocycles. The van der Waals surface area contributed by atoms with E-state index in [1.165, 1.54) is 0 Å². The Morgan fingerprint density at radius 1 is 1.50 bits per heavy atom. The van der Waals surface area contributed by atoms with Gasteiger partial charge in [-0.25, -0.2) is 0 Å². The largest absolute Gasteiger partial charge is 0.313 e. The lowest BCUT2D eigenvalue weighted by Gasteiger charge is -2.09. The maximum Gasteiger partial charge on any atom is 0.0288 e. The van der Waals surface area contributed by atoms with Crippen molar-refractivity contribution >= 4 is 0 Å². The highest BCUT2D eigenvalue weighted by Crippen LogP contribution is 2.01. The van der Waals surface area contributed by atoms with Crippen molar-refractivity contribution in [3.05, 3.63) is 37.0 Å². The van der Waals surface area contributed by atoms with Crippen LogP contribution in [0.2, 0.25) is 0 Å². The van der Waals surface area contributed by atoms with Crippen LogP contribution in [0, 0.1) is 0 Å². The monoisotopic (exact) mass is 137 g/mol. The number of nitrogens with one attached hydrogen (secondary N) is 1. The highest BCUT2D eigenvalue weighted by molar-refractivity contribution is 5.25. The highest BCUT2D eigenvalue weighted by atomic mass is 14.9. The highest BCUT2D eigenvalue weighted by Gasteiger charge is 1.98. The molecular weight excluding hydrogens is 122 g/mol. The summed E-state index contributed by atoms with van der Waals surface area (Å²) < 4.78 is 0. The van der Waals surface area contributed by atoms with Crippen molar-refractivity contribution in [2.24, 2.45) is 0 Å². The van der Waals surface area contributed by atoms with Gasteiger partial charge in [0, 0.05) is 6.04 Å². The Hall–Kier alpha value is -0.820. The molecule has 0 aromatic heterocycles. The molecule has 0 aromatic rings. The first-order chi connectivity index (χ1) is 4.76. The molecular formula is C9H15N. The summed E-state index contributed by atoms with van der Waals surface area (Å²) in [6, 6.07) is 0.357. The first-order valence-corrected chi connectivity index (χ1v) is 3.38. The van der Waals surface area contributed by atoms with E-state index in [1.807, 2.05) is 19.2 Å². The third kappa shape index (κ3) is 2.65. The van der Waals surface area contributed by atoms with Crippen LogP contribution >= 0.6 is 0 Å². The van der Waals surface area contributed by atoms with Gasteiger partial charge in [0.2, 0.25) is 0 Å². The predicted molar refractivity (Wildman–Crippen MR) is 47.0 cm³/mol. The van der Waals surface area contributed by atoms with Gasteiger partial charge in [0.1, 0.15) is 0 Å². The normalized spacial score (nSPS) is 14.4. The number of likely N-dealkylation sites (N-methyl/N-ethyl adjacent to an activating group) is 1. The van der Waals surface area contributed by atoms with Crippen molar-refractivity contribution in [3.8, 4) is 0 Å². The maximum absolute atomic E-state index is 3.69. The molecule has 0 bridgehead atoms. The molecule has 0 saturated carbocycles. The van der Waals surface area contributed by atoms with Crippen LogP contribution in [0.15, 0.2) is 37.0 Å². The van der Waals surface area contributed by atoms with Gasteiger partial charge in [-0.05, 0) is 19.5 Å². The minimum Gasteiger partial charge on any atom is -0.313 e. The Balaban J connectivity index is 4.18. The van der Waals surface area contributed by atoms with Gasteiger partial charge in [0.15, 0.2) is 0 Å². The fraction of sp³-hybridized carbons (Fsp3) is 0.333. The average molecular weight is 137 g/mol. The summed E-state index contributed by atoms with van der Waals surface area (Å²) >= 11 is 0. The number of hydrogen-bond acceptors (Lipinski definition) is 1. The topological polar surface area (TPSA) is 12.0 Å². The predicted octanol–water partition coefficient (Wildman–Crippen LogP) is 1.89. The molecule has 0 heterocycles. The Morgan fingerprint density at radius 3 is 2.40 bits per heavy atom. The smallest absolute Gasteiger partial charge is 0.0288 e. The average Bonchev–Trinajstić information content (AvgIpc) is 1.99. The van der Waals surface area contributed by atoms with Crippen LogP contribution in [0.4, 0.5) is 0 Å².